The number of carbonyl (C=O) groups is 1. The van der Waals surface area contributed by atoms with E-state index < -0.39 is 0 Å². The molecule has 0 bridgehead atoms. The fourth-order valence-corrected chi connectivity index (χ4v) is 1.83. The Kier molecular flexibility index (Phi) is 5.17. The summed E-state index contributed by atoms with van der Waals surface area (Å²) in [5, 5.41) is 3.26. The van der Waals surface area contributed by atoms with Crippen LogP contribution in [-0.2, 0) is 0 Å². The van der Waals surface area contributed by atoms with Gasteiger partial charge in [-0.3, -0.25) is 9.78 Å². The predicted molar refractivity (Wildman–Crippen MR) is 84.0 cm³/mol. The van der Waals surface area contributed by atoms with Gasteiger partial charge in [0.25, 0.3) is 5.91 Å². The number of hydrogen-bond donors (Lipinski definition) is 1. The van der Waals surface area contributed by atoms with E-state index in [1.54, 1.807) is 12.1 Å². The van der Waals surface area contributed by atoms with Crippen molar-refractivity contribution >= 4 is 23.2 Å². The van der Waals surface area contributed by atoms with Crippen molar-refractivity contribution in [3.8, 4) is 5.75 Å². The first kappa shape index (κ1) is 15.3. The first-order valence-electron chi connectivity index (χ1n) is 6.71. The number of rotatable bonds is 5. The SMILES string of the molecule is CC(C)COc1ccccc1NC(=O)c1cc(Cl)ccn1. The molecule has 0 saturated carbocycles. The molecule has 1 aromatic carbocycles. The maximum absolute atomic E-state index is 12.2. The highest BCUT2D eigenvalue weighted by Gasteiger charge is 2.11. The average Bonchev–Trinajstić information content (AvgIpc) is 2.46. The van der Waals surface area contributed by atoms with Gasteiger partial charge in [0, 0.05) is 11.2 Å². The molecular weight excluding hydrogens is 288 g/mol. The van der Waals surface area contributed by atoms with Crippen LogP contribution in [-0.4, -0.2) is 17.5 Å². The summed E-state index contributed by atoms with van der Waals surface area (Å²) in [7, 11) is 0. The van der Waals surface area contributed by atoms with Gasteiger partial charge in [-0.05, 0) is 30.2 Å². The summed E-state index contributed by atoms with van der Waals surface area (Å²) in [6, 6.07) is 10.5. The van der Waals surface area contributed by atoms with Crippen molar-refractivity contribution in [2.75, 3.05) is 11.9 Å². The molecule has 0 aliphatic carbocycles. The number of aromatic nitrogens is 1. The van der Waals surface area contributed by atoms with E-state index in [9.17, 15) is 4.79 Å². The number of anilines is 1. The van der Waals surface area contributed by atoms with Gasteiger partial charge in [-0.1, -0.05) is 37.6 Å². The minimum Gasteiger partial charge on any atom is -0.491 e. The van der Waals surface area contributed by atoms with Crippen molar-refractivity contribution in [2.45, 2.75) is 13.8 Å². The van der Waals surface area contributed by atoms with E-state index in [2.05, 4.69) is 24.1 Å². The van der Waals surface area contributed by atoms with Crippen LogP contribution in [0, 0.1) is 5.92 Å². The highest BCUT2D eigenvalue weighted by atomic mass is 35.5. The Hall–Kier alpha value is -2.07. The Morgan fingerprint density at radius 2 is 2.10 bits per heavy atom. The maximum Gasteiger partial charge on any atom is 0.274 e. The molecule has 0 atom stereocenters. The van der Waals surface area contributed by atoms with E-state index in [0.29, 0.717) is 29.0 Å². The fourth-order valence-electron chi connectivity index (χ4n) is 1.67. The third kappa shape index (κ3) is 4.46. The summed E-state index contributed by atoms with van der Waals surface area (Å²) in [5.41, 5.74) is 0.881. The lowest BCUT2D eigenvalue weighted by atomic mass is 10.2. The third-order valence-corrected chi connectivity index (χ3v) is 2.90. The topological polar surface area (TPSA) is 51.2 Å². The van der Waals surface area contributed by atoms with Gasteiger partial charge in [0.1, 0.15) is 11.4 Å². The molecule has 2 rings (SSSR count). The highest BCUT2D eigenvalue weighted by Crippen LogP contribution is 2.25. The van der Waals surface area contributed by atoms with Gasteiger partial charge < -0.3 is 10.1 Å². The Bertz CT molecular complexity index is 629. The van der Waals surface area contributed by atoms with E-state index in [4.69, 9.17) is 16.3 Å². The molecule has 2 aromatic rings. The van der Waals surface area contributed by atoms with Crippen molar-refractivity contribution in [2.24, 2.45) is 5.92 Å². The molecule has 0 spiro atoms. The van der Waals surface area contributed by atoms with Gasteiger partial charge in [-0.25, -0.2) is 0 Å². The van der Waals surface area contributed by atoms with Crippen LogP contribution < -0.4 is 10.1 Å². The first-order valence-corrected chi connectivity index (χ1v) is 7.09. The summed E-state index contributed by atoms with van der Waals surface area (Å²) in [6.45, 7) is 4.72. The van der Waals surface area contributed by atoms with Gasteiger partial charge >= 0.3 is 0 Å². The molecule has 0 aliphatic rings. The molecule has 21 heavy (non-hydrogen) atoms. The van der Waals surface area contributed by atoms with Crippen molar-refractivity contribution in [1.29, 1.82) is 0 Å². The molecule has 5 heteroatoms. The van der Waals surface area contributed by atoms with Crippen LogP contribution in [0.15, 0.2) is 42.6 Å². The number of halogens is 1. The Morgan fingerprint density at radius 1 is 1.33 bits per heavy atom. The normalized spacial score (nSPS) is 10.5. The van der Waals surface area contributed by atoms with Crippen LogP contribution in [0.5, 0.6) is 5.75 Å². The number of amides is 1. The fraction of sp³-hybridized carbons (Fsp3) is 0.250. The van der Waals surface area contributed by atoms with Gasteiger partial charge in [0.15, 0.2) is 0 Å². The number of ether oxygens (including phenoxy) is 1. The largest absolute Gasteiger partial charge is 0.491 e. The summed E-state index contributed by atoms with van der Waals surface area (Å²) >= 11 is 5.86. The van der Waals surface area contributed by atoms with E-state index in [-0.39, 0.29) is 11.6 Å². The molecule has 0 fully saturated rings. The highest BCUT2D eigenvalue weighted by molar-refractivity contribution is 6.30. The van der Waals surface area contributed by atoms with E-state index in [0.717, 1.165) is 0 Å². The van der Waals surface area contributed by atoms with E-state index in [1.807, 2.05) is 18.2 Å². The summed E-state index contributed by atoms with van der Waals surface area (Å²) < 4.78 is 5.70. The van der Waals surface area contributed by atoms with Crippen molar-refractivity contribution in [3.63, 3.8) is 0 Å². The first-order chi connectivity index (χ1) is 10.1. The standard InChI is InChI=1S/C16H17ClN2O2/c1-11(2)10-21-15-6-4-3-5-13(15)19-16(20)14-9-12(17)7-8-18-14/h3-9,11H,10H2,1-2H3,(H,19,20). The molecule has 0 aliphatic heterocycles. The van der Waals surface area contributed by atoms with Crippen LogP contribution in [0.4, 0.5) is 5.69 Å². The zero-order chi connectivity index (χ0) is 15.2. The number of para-hydroxylation sites is 2. The third-order valence-electron chi connectivity index (χ3n) is 2.66. The zero-order valence-corrected chi connectivity index (χ0v) is 12.7. The summed E-state index contributed by atoms with van der Waals surface area (Å²) in [4.78, 5) is 16.2. The second-order valence-electron chi connectivity index (χ2n) is 5.01. The second-order valence-corrected chi connectivity index (χ2v) is 5.45. The molecule has 4 nitrogen and oxygen atoms in total. The maximum atomic E-state index is 12.2. The number of nitrogens with zero attached hydrogens (tertiary/aromatic N) is 1. The predicted octanol–water partition coefficient (Wildman–Crippen LogP) is 4.02. The smallest absolute Gasteiger partial charge is 0.274 e. The zero-order valence-electron chi connectivity index (χ0n) is 12.0. The molecule has 0 unspecified atom stereocenters. The Labute approximate surface area is 129 Å². The molecule has 110 valence electrons. The molecule has 1 aromatic heterocycles. The monoisotopic (exact) mass is 304 g/mol. The quantitative estimate of drug-likeness (QED) is 0.907. The molecule has 1 N–H and O–H groups in total. The van der Waals surface area contributed by atoms with Crippen LogP contribution in [0.2, 0.25) is 5.02 Å². The van der Waals surface area contributed by atoms with Crippen LogP contribution in [0.1, 0.15) is 24.3 Å². The van der Waals surface area contributed by atoms with Crippen molar-refractivity contribution < 1.29 is 9.53 Å². The number of carbonyl (C=O) groups excluding carboxylic acids is 1. The minimum absolute atomic E-state index is 0.265. The van der Waals surface area contributed by atoms with Crippen LogP contribution in [0.25, 0.3) is 0 Å². The molecule has 1 amide bonds. The van der Waals surface area contributed by atoms with Gasteiger partial charge in [-0.15, -0.1) is 0 Å². The van der Waals surface area contributed by atoms with E-state index >= 15 is 0 Å². The lowest BCUT2D eigenvalue weighted by Crippen LogP contribution is -2.15. The number of hydrogen-bond acceptors (Lipinski definition) is 3. The van der Waals surface area contributed by atoms with Crippen molar-refractivity contribution in [3.05, 3.63) is 53.3 Å². The summed E-state index contributed by atoms with van der Waals surface area (Å²) in [5.74, 6) is 0.725. The second kappa shape index (κ2) is 7.09. The average molecular weight is 305 g/mol. The van der Waals surface area contributed by atoms with Gasteiger partial charge in [0.2, 0.25) is 0 Å². The summed E-state index contributed by atoms with van der Waals surface area (Å²) in [6.07, 6.45) is 1.50. The van der Waals surface area contributed by atoms with Gasteiger partial charge in [-0.2, -0.15) is 0 Å². The van der Waals surface area contributed by atoms with E-state index in [1.165, 1.54) is 12.3 Å². The lowest BCUT2D eigenvalue weighted by molar-refractivity contribution is 0.102. The van der Waals surface area contributed by atoms with Crippen molar-refractivity contribution in [1.82, 2.24) is 4.98 Å². The Morgan fingerprint density at radius 3 is 2.81 bits per heavy atom. The molecule has 0 radical (unpaired) electrons. The lowest BCUT2D eigenvalue weighted by Gasteiger charge is -2.13. The Balaban J connectivity index is 2.13. The van der Waals surface area contributed by atoms with Crippen LogP contribution >= 0.6 is 11.6 Å². The van der Waals surface area contributed by atoms with Gasteiger partial charge in [0.05, 0.1) is 12.3 Å². The molecule has 0 saturated heterocycles. The molecule has 1 heterocycles. The number of nitrogens with one attached hydrogen (secondary N) is 1. The minimum atomic E-state index is -0.321. The number of benzene rings is 1. The molecular formula is C16H17ClN2O2. The number of pyridine rings is 1. The van der Waals surface area contributed by atoms with Crippen LogP contribution in [0.3, 0.4) is 0 Å².